The van der Waals surface area contributed by atoms with Crippen LogP contribution in [0, 0.1) is 0 Å². The fourth-order valence-electron chi connectivity index (χ4n) is 1.39. The quantitative estimate of drug-likeness (QED) is 0.763. The largest absolute Gasteiger partial charge is 0.370 e. The molecule has 0 saturated carbocycles. The van der Waals surface area contributed by atoms with Gasteiger partial charge >= 0.3 is 0 Å². The SMILES string of the molecule is NC(=O)CCn1nnc2ccccc2c1=O. The minimum Gasteiger partial charge on any atom is -0.370 e. The maximum absolute atomic E-state index is 11.8. The molecule has 6 nitrogen and oxygen atoms in total. The second kappa shape index (κ2) is 4.09. The molecule has 1 heterocycles. The van der Waals surface area contributed by atoms with Crippen LogP contribution in [0.3, 0.4) is 0 Å². The molecule has 2 rings (SSSR count). The van der Waals surface area contributed by atoms with Gasteiger partial charge in [0.1, 0.15) is 5.52 Å². The molecule has 0 spiro atoms. The third kappa shape index (κ3) is 1.90. The van der Waals surface area contributed by atoms with Gasteiger partial charge in [-0.2, -0.15) is 0 Å². The molecule has 6 heteroatoms. The van der Waals surface area contributed by atoms with Crippen molar-refractivity contribution in [1.29, 1.82) is 0 Å². The Labute approximate surface area is 90.7 Å². The molecule has 0 aliphatic heterocycles. The highest BCUT2D eigenvalue weighted by Crippen LogP contribution is 2.03. The Morgan fingerprint density at radius 2 is 2.12 bits per heavy atom. The molecule has 0 atom stereocenters. The van der Waals surface area contributed by atoms with Crippen molar-refractivity contribution < 1.29 is 4.79 Å². The van der Waals surface area contributed by atoms with E-state index in [9.17, 15) is 9.59 Å². The van der Waals surface area contributed by atoms with E-state index in [1.165, 1.54) is 0 Å². The lowest BCUT2D eigenvalue weighted by atomic mass is 10.2. The van der Waals surface area contributed by atoms with Crippen molar-refractivity contribution in [2.75, 3.05) is 0 Å². The van der Waals surface area contributed by atoms with Crippen molar-refractivity contribution in [2.45, 2.75) is 13.0 Å². The lowest BCUT2D eigenvalue weighted by molar-refractivity contribution is -0.118. The average Bonchev–Trinajstić information content (AvgIpc) is 2.28. The van der Waals surface area contributed by atoms with Gasteiger partial charge in [0.15, 0.2) is 0 Å². The number of primary amides is 1. The maximum atomic E-state index is 11.8. The minimum atomic E-state index is -0.471. The summed E-state index contributed by atoms with van der Waals surface area (Å²) in [5.41, 5.74) is 5.29. The first kappa shape index (κ1) is 10.3. The summed E-state index contributed by atoms with van der Waals surface area (Å²) in [5.74, 6) is -0.471. The molecule has 0 aliphatic carbocycles. The van der Waals surface area contributed by atoms with E-state index in [-0.39, 0.29) is 18.5 Å². The first-order chi connectivity index (χ1) is 7.68. The van der Waals surface area contributed by atoms with Crippen LogP contribution in [0.4, 0.5) is 0 Å². The van der Waals surface area contributed by atoms with E-state index < -0.39 is 5.91 Å². The summed E-state index contributed by atoms with van der Waals surface area (Å²) in [7, 11) is 0. The Bertz CT molecular complexity index is 591. The van der Waals surface area contributed by atoms with Gasteiger partial charge in [-0.05, 0) is 12.1 Å². The molecule has 16 heavy (non-hydrogen) atoms. The number of nitrogens with two attached hydrogens (primary N) is 1. The lowest BCUT2D eigenvalue weighted by Gasteiger charge is -2.02. The molecule has 1 aromatic carbocycles. The Balaban J connectivity index is 2.45. The molecule has 2 N–H and O–H groups in total. The Morgan fingerprint density at radius 3 is 2.88 bits per heavy atom. The average molecular weight is 218 g/mol. The molecule has 0 aliphatic rings. The third-order valence-electron chi connectivity index (χ3n) is 2.20. The first-order valence-electron chi connectivity index (χ1n) is 4.79. The van der Waals surface area contributed by atoms with Crippen LogP contribution in [0.5, 0.6) is 0 Å². The molecular formula is C10H10N4O2. The topological polar surface area (TPSA) is 90.9 Å². The van der Waals surface area contributed by atoms with Gasteiger partial charge in [0.25, 0.3) is 5.56 Å². The van der Waals surface area contributed by atoms with Crippen molar-refractivity contribution in [3.63, 3.8) is 0 Å². The maximum Gasteiger partial charge on any atom is 0.277 e. The van der Waals surface area contributed by atoms with Gasteiger partial charge < -0.3 is 5.73 Å². The molecule has 0 fully saturated rings. The van der Waals surface area contributed by atoms with Gasteiger partial charge in [-0.3, -0.25) is 9.59 Å². The number of benzene rings is 1. The van der Waals surface area contributed by atoms with E-state index in [2.05, 4.69) is 10.3 Å². The number of fused-ring (bicyclic) bond motifs is 1. The van der Waals surface area contributed by atoms with E-state index >= 15 is 0 Å². The zero-order valence-electron chi connectivity index (χ0n) is 8.46. The molecule has 0 radical (unpaired) electrons. The highest BCUT2D eigenvalue weighted by atomic mass is 16.1. The van der Waals surface area contributed by atoms with E-state index in [4.69, 9.17) is 5.73 Å². The minimum absolute atomic E-state index is 0.0763. The summed E-state index contributed by atoms with van der Waals surface area (Å²) < 4.78 is 1.15. The molecule has 1 aromatic heterocycles. The van der Waals surface area contributed by atoms with Gasteiger partial charge in [-0.1, -0.05) is 17.3 Å². The number of amides is 1. The van der Waals surface area contributed by atoms with E-state index in [0.29, 0.717) is 10.9 Å². The van der Waals surface area contributed by atoms with Crippen LogP contribution in [0.1, 0.15) is 6.42 Å². The second-order valence-corrected chi connectivity index (χ2v) is 3.35. The van der Waals surface area contributed by atoms with Crippen molar-refractivity contribution in [3.8, 4) is 0 Å². The zero-order valence-corrected chi connectivity index (χ0v) is 8.46. The third-order valence-corrected chi connectivity index (χ3v) is 2.20. The molecule has 0 saturated heterocycles. The summed E-state index contributed by atoms with van der Waals surface area (Å²) in [5, 5.41) is 8.09. The molecule has 0 bridgehead atoms. The lowest BCUT2D eigenvalue weighted by Crippen LogP contribution is -2.26. The molecule has 0 unspecified atom stereocenters. The Hall–Kier alpha value is -2.24. The van der Waals surface area contributed by atoms with Gasteiger partial charge in [0.2, 0.25) is 5.91 Å². The van der Waals surface area contributed by atoms with Crippen LogP contribution < -0.4 is 11.3 Å². The number of aryl methyl sites for hydroxylation is 1. The number of nitrogens with zero attached hydrogens (tertiary/aromatic N) is 3. The number of hydrogen-bond donors (Lipinski definition) is 1. The fourth-order valence-corrected chi connectivity index (χ4v) is 1.39. The van der Waals surface area contributed by atoms with Gasteiger partial charge in [0.05, 0.1) is 11.9 Å². The number of carbonyl (C=O) groups is 1. The number of hydrogen-bond acceptors (Lipinski definition) is 4. The molecule has 82 valence electrons. The number of aromatic nitrogens is 3. The number of rotatable bonds is 3. The summed E-state index contributed by atoms with van der Waals surface area (Å²) in [6.07, 6.45) is 0.0763. The van der Waals surface area contributed by atoms with Crippen LogP contribution in [0.2, 0.25) is 0 Å². The molecular weight excluding hydrogens is 208 g/mol. The van der Waals surface area contributed by atoms with Crippen LogP contribution >= 0.6 is 0 Å². The molecule has 1 amide bonds. The summed E-state index contributed by atoms with van der Waals surface area (Å²) in [6.45, 7) is 0.159. The summed E-state index contributed by atoms with van der Waals surface area (Å²) >= 11 is 0. The highest BCUT2D eigenvalue weighted by Gasteiger charge is 2.05. The normalized spacial score (nSPS) is 10.5. The predicted octanol–water partition coefficient (Wildman–Crippen LogP) is -0.333. The fraction of sp³-hybridized carbons (Fsp3) is 0.200. The monoisotopic (exact) mass is 218 g/mol. The van der Waals surface area contributed by atoms with Crippen LogP contribution in [0.15, 0.2) is 29.1 Å². The standard InChI is InChI=1S/C10H10N4O2/c11-9(15)5-6-14-10(16)7-3-1-2-4-8(7)12-13-14/h1-4H,5-6H2,(H2,11,15). The van der Waals surface area contributed by atoms with Crippen molar-refractivity contribution in [3.05, 3.63) is 34.6 Å². The van der Waals surface area contributed by atoms with Crippen molar-refractivity contribution in [1.82, 2.24) is 15.0 Å². The second-order valence-electron chi connectivity index (χ2n) is 3.35. The zero-order chi connectivity index (χ0) is 11.5. The van der Waals surface area contributed by atoms with Crippen molar-refractivity contribution >= 4 is 16.8 Å². The van der Waals surface area contributed by atoms with E-state index in [1.807, 2.05) is 0 Å². The smallest absolute Gasteiger partial charge is 0.277 e. The van der Waals surface area contributed by atoms with Gasteiger partial charge in [0, 0.05) is 6.42 Å². The predicted molar refractivity (Wildman–Crippen MR) is 57.6 cm³/mol. The van der Waals surface area contributed by atoms with Crippen molar-refractivity contribution in [2.24, 2.45) is 5.73 Å². The van der Waals surface area contributed by atoms with E-state index in [1.54, 1.807) is 24.3 Å². The van der Waals surface area contributed by atoms with Crippen LogP contribution in [-0.4, -0.2) is 20.9 Å². The van der Waals surface area contributed by atoms with Crippen LogP contribution in [-0.2, 0) is 11.3 Å². The number of carbonyl (C=O) groups excluding carboxylic acids is 1. The van der Waals surface area contributed by atoms with E-state index in [0.717, 1.165) is 4.68 Å². The van der Waals surface area contributed by atoms with Gasteiger partial charge in [-0.15, -0.1) is 5.10 Å². The summed E-state index contributed by atoms with van der Waals surface area (Å²) in [6, 6.07) is 6.92. The molecule has 2 aromatic rings. The highest BCUT2D eigenvalue weighted by molar-refractivity contribution is 5.76. The Kier molecular flexibility index (Phi) is 2.63. The summed E-state index contributed by atoms with van der Waals surface area (Å²) in [4.78, 5) is 22.5. The van der Waals surface area contributed by atoms with Crippen LogP contribution in [0.25, 0.3) is 10.9 Å². The Morgan fingerprint density at radius 1 is 1.38 bits per heavy atom. The van der Waals surface area contributed by atoms with Gasteiger partial charge in [-0.25, -0.2) is 4.68 Å². The first-order valence-corrected chi connectivity index (χ1v) is 4.79.